The molecule has 0 rings (SSSR count). The maximum Gasteiger partial charge on any atom is 0.120 e. The van der Waals surface area contributed by atoms with Crippen LogP contribution in [0.25, 0.3) is 0 Å². The van der Waals surface area contributed by atoms with Crippen LogP contribution in [0.15, 0.2) is 30.5 Å². The molecule has 0 heterocycles. The summed E-state index contributed by atoms with van der Waals surface area (Å²) < 4.78 is 0. The molecule has 10 heavy (non-hydrogen) atoms. The predicted octanol–water partition coefficient (Wildman–Crippen LogP) is 2.11. The Kier molecular flexibility index (Phi) is 5.41. The van der Waals surface area contributed by atoms with Gasteiger partial charge < -0.3 is 4.79 Å². The molecule has 0 aromatic carbocycles. The summed E-state index contributed by atoms with van der Waals surface area (Å²) in [5.41, 5.74) is 2.62. The Bertz CT molecular complexity index is 162. The third-order valence-corrected chi connectivity index (χ3v) is 1.12. The first-order chi connectivity index (χ1) is 4.81. The normalized spacial score (nSPS) is 12.5. The van der Waals surface area contributed by atoms with Crippen LogP contribution in [0.3, 0.4) is 0 Å². The summed E-state index contributed by atoms with van der Waals surface area (Å²) in [5, 5.41) is 0. The summed E-state index contributed by atoms with van der Waals surface area (Å²) in [6.45, 7) is 5.39. The highest BCUT2D eigenvalue weighted by molar-refractivity contribution is 5.50. The van der Waals surface area contributed by atoms with Crippen LogP contribution in [0.4, 0.5) is 0 Å². The van der Waals surface area contributed by atoms with Crippen LogP contribution >= 0.6 is 0 Å². The molecule has 0 amide bonds. The van der Waals surface area contributed by atoms with Crippen molar-refractivity contribution < 1.29 is 4.79 Å². The standard InChI is InChI=1S/C9H12O/c1-3-4-5-6-9(2)7-8-10/h4-6,8-9H,1,7H2,2H3/b6-5+. The molecule has 1 atom stereocenters. The first-order valence-corrected chi connectivity index (χ1v) is 3.27. The highest BCUT2D eigenvalue weighted by Gasteiger charge is 1.91. The van der Waals surface area contributed by atoms with Gasteiger partial charge in [0.2, 0.25) is 0 Å². The second kappa shape index (κ2) is 6.06. The van der Waals surface area contributed by atoms with Gasteiger partial charge >= 0.3 is 0 Å². The number of rotatable bonds is 4. The van der Waals surface area contributed by atoms with Gasteiger partial charge in [0.15, 0.2) is 0 Å². The summed E-state index contributed by atoms with van der Waals surface area (Å²) in [4.78, 5) is 9.98. The fraction of sp³-hybridized carbons (Fsp3) is 0.333. The van der Waals surface area contributed by atoms with Crippen molar-refractivity contribution in [2.24, 2.45) is 5.92 Å². The molecule has 0 aliphatic rings. The van der Waals surface area contributed by atoms with E-state index in [0.29, 0.717) is 12.3 Å². The highest BCUT2D eigenvalue weighted by atomic mass is 16.1. The average molecular weight is 136 g/mol. The zero-order chi connectivity index (χ0) is 7.82. The SMILES string of the molecule is C=C=C/C=C/C(C)CC=O. The van der Waals surface area contributed by atoms with E-state index in [0.717, 1.165) is 6.29 Å². The Hall–Kier alpha value is -1.07. The maximum absolute atomic E-state index is 9.98. The molecule has 0 saturated heterocycles. The second-order valence-corrected chi connectivity index (χ2v) is 2.14. The Morgan fingerprint density at radius 2 is 2.40 bits per heavy atom. The summed E-state index contributed by atoms with van der Waals surface area (Å²) in [7, 11) is 0. The first-order valence-electron chi connectivity index (χ1n) is 3.27. The lowest BCUT2D eigenvalue weighted by molar-refractivity contribution is -0.108. The van der Waals surface area contributed by atoms with Crippen molar-refractivity contribution in [2.75, 3.05) is 0 Å². The topological polar surface area (TPSA) is 17.1 Å². The Morgan fingerprint density at radius 1 is 1.70 bits per heavy atom. The second-order valence-electron chi connectivity index (χ2n) is 2.14. The van der Waals surface area contributed by atoms with E-state index in [1.54, 1.807) is 6.08 Å². The van der Waals surface area contributed by atoms with Crippen molar-refractivity contribution >= 4 is 6.29 Å². The molecule has 1 unspecified atom stereocenters. The molecule has 0 saturated carbocycles. The Labute approximate surface area is 61.8 Å². The van der Waals surface area contributed by atoms with Gasteiger partial charge in [-0.05, 0) is 12.0 Å². The third kappa shape index (κ3) is 5.07. The molecule has 0 aromatic rings. The molecular weight excluding hydrogens is 124 g/mol. The van der Waals surface area contributed by atoms with Crippen LogP contribution in [0.5, 0.6) is 0 Å². The van der Waals surface area contributed by atoms with Crippen molar-refractivity contribution in [3.05, 3.63) is 30.5 Å². The van der Waals surface area contributed by atoms with Crippen molar-refractivity contribution in [3.8, 4) is 0 Å². The molecule has 1 heteroatoms. The molecule has 54 valence electrons. The van der Waals surface area contributed by atoms with Gasteiger partial charge in [0.05, 0.1) is 0 Å². The summed E-state index contributed by atoms with van der Waals surface area (Å²) in [6, 6.07) is 0. The van der Waals surface area contributed by atoms with Crippen LogP contribution in [0.1, 0.15) is 13.3 Å². The minimum absolute atomic E-state index is 0.321. The molecule has 0 fully saturated rings. The van der Waals surface area contributed by atoms with Gasteiger partial charge in [-0.15, -0.1) is 5.73 Å². The first kappa shape index (κ1) is 8.93. The van der Waals surface area contributed by atoms with Crippen LogP contribution in [0, 0.1) is 5.92 Å². The van der Waals surface area contributed by atoms with Gasteiger partial charge in [-0.25, -0.2) is 0 Å². The van der Waals surface area contributed by atoms with E-state index < -0.39 is 0 Å². The van der Waals surface area contributed by atoms with Gasteiger partial charge in [0.25, 0.3) is 0 Å². The monoisotopic (exact) mass is 136 g/mol. The van der Waals surface area contributed by atoms with E-state index in [2.05, 4.69) is 12.3 Å². The van der Waals surface area contributed by atoms with Gasteiger partial charge in [-0.3, -0.25) is 0 Å². The fourth-order valence-corrected chi connectivity index (χ4v) is 0.544. The van der Waals surface area contributed by atoms with Crippen LogP contribution in [0.2, 0.25) is 0 Å². The van der Waals surface area contributed by atoms with Gasteiger partial charge in [-0.2, -0.15) is 0 Å². The minimum Gasteiger partial charge on any atom is -0.303 e. The van der Waals surface area contributed by atoms with Gasteiger partial charge in [-0.1, -0.05) is 25.7 Å². The molecule has 0 aromatic heterocycles. The predicted molar refractivity (Wildman–Crippen MR) is 42.7 cm³/mol. The van der Waals surface area contributed by atoms with E-state index in [1.807, 2.05) is 19.1 Å². The maximum atomic E-state index is 9.98. The minimum atomic E-state index is 0.321. The van der Waals surface area contributed by atoms with Crippen molar-refractivity contribution in [1.82, 2.24) is 0 Å². The number of hydrogen-bond acceptors (Lipinski definition) is 1. The van der Waals surface area contributed by atoms with E-state index in [4.69, 9.17) is 0 Å². The van der Waals surface area contributed by atoms with E-state index in [9.17, 15) is 4.79 Å². The van der Waals surface area contributed by atoms with E-state index in [-0.39, 0.29) is 0 Å². The lowest BCUT2D eigenvalue weighted by atomic mass is 10.1. The molecule has 0 aliphatic heterocycles. The third-order valence-electron chi connectivity index (χ3n) is 1.12. The quantitative estimate of drug-likeness (QED) is 0.328. The van der Waals surface area contributed by atoms with Crippen molar-refractivity contribution in [1.29, 1.82) is 0 Å². The van der Waals surface area contributed by atoms with Crippen LogP contribution in [-0.2, 0) is 4.79 Å². The molecule has 0 N–H and O–H groups in total. The van der Waals surface area contributed by atoms with E-state index in [1.165, 1.54) is 0 Å². The molecule has 1 nitrogen and oxygen atoms in total. The zero-order valence-corrected chi connectivity index (χ0v) is 6.21. The molecule has 0 spiro atoms. The fourth-order valence-electron chi connectivity index (χ4n) is 0.544. The molecule has 0 aliphatic carbocycles. The largest absolute Gasteiger partial charge is 0.303 e. The van der Waals surface area contributed by atoms with Crippen molar-refractivity contribution in [3.63, 3.8) is 0 Å². The smallest absolute Gasteiger partial charge is 0.120 e. The van der Waals surface area contributed by atoms with Crippen molar-refractivity contribution in [2.45, 2.75) is 13.3 Å². The zero-order valence-electron chi connectivity index (χ0n) is 6.21. The molecule has 0 bridgehead atoms. The average Bonchev–Trinajstić information content (AvgIpc) is 1.89. The number of allylic oxidation sites excluding steroid dienone is 3. The Morgan fingerprint density at radius 3 is 2.90 bits per heavy atom. The number of carbonyl (C=O) groups is 1. The molecule has 0 radical (unpaired) electrons. The molecular formula is C9H12O. The summed E-state index contributed by atoms with van der Waals surface area (Å²) >= 11 is 0. The highest BCUT2D eigenvalue weighted by Crippen LogP contribution is 1.99. The lowest BCUT2D eigenvalue weighted by Crippen LogP contribution is -1.88. The number of aldehydes is 1. The lowest BCUT2D eigenvalue weighted by Gasteiger charge is -1.95. The summed E-state index contributed by atoms with van der Waals surface area (Å²) in [6.07, 6.45) is 7.03. The summed E-state index contributed by atoms with van der Waals surface area (Å²) in [5.74, 6) is 0.321. The van der Waals surface area contributed by atoms with Crippen LogP contribution in [-0.4, -0.2) is 6.29 Å². The van der Waals surface area contributed by atoms with Gasteiger partial charge in [0.1, 0.15) is 6.29 Å². The van der Waals surface area contributed by atoms with E-state index >= 15 is 0 Å². The van der Waals surface area contributed by atoms with Gasteiger partial charge in [0, 0.05) is 6.42 Å². The van der Waals surface area contributed by atoms with Crippen LogP contribution < -0.4 is 0 Å². The Balaban J connectivity index is 3.64. The number of hydrogen-bond donors (Lipinski definition) is 0. The number of carbonyl (C=O) groups excluding carboxylic acids is 1.